The van der Waals surface area contributed by atoms with E-state index in [1.54, 1.807) is 0 Å². The van der Waals surface area contributed by atoms with Gasteiger partial charge in [0.2, 0.25) is 5.91 Å². The Balaban J connectivity index is 2.87. The maximum atomic E-state index is 12.6. The van der Waals surface area contributed by atoms with E-state index in [0.717, 1.165) is 17.3 Å². The monoisotopic (exact) mass is 339 g/mol. The largest absolute Gasteiger partial charge is 0.353 e. The van der Waals surface area contributed by atoms with Crippen LogP contribution in [0.3, 0.4) is 0 Å². The molecule has 0 bridgehead atoms. The molecule has 0 heterocycles. The lowest BCUT2D eigenvalue weighted by Crippen LogP contribution is -2.41. The summed E-state index contributed by atoms with van der Waals surface area (Å²) in [6.45, 7) is 8.50. The number of rotatable bonds is 7. The molecule has 112 valence electrons. The number of halogens is 1. The van der Waals surface area contributed by atoms with E-state index < -0.39 is 0 Å². The first-order valence-electron chi connectivity index (χ1n) is 7.42. The maximum absolute atomic E-state index is 12.6. The molecule has 0 aliphatic heterocycles. The molecule has 0 saturated carbocycles. The lowest BCUT2D eigenvalue weighted by Gasteiger charge is -2.26. The summed E-state index contributed by atoms with van der Waals surface area (Å²) in [5, 5.41) is 4.07. The molecular formula is C17H26BrNO. The molecule has 0 aliphatic rings. The van der Waals surface area contributed by atoms with Crippen molar-refractivity contribution in [3.05, 3.63) is 35.9 Å². The molecule has 3 heteroatoms. The summed E-state index contributed by atoms with van der Waals surface area (Å²) in [4.78, 5) is 12.6. The Morgan fingerprint density at radius 1 is 1.15 bits per heavy atom. The highest BCUT2D eigenvalue weighted by Crippen LogP contribution is 2.27. The average Bonchev–Trinajstić information content (AvgIpc) is 2.47. The molecule has 4 atom stereocenters. The van der Waals surface area contributed by atoms with Crippen LogP contribution in [-0.4, -0.2) is 17.3 Å². The van der Waals surface area contributed by atoms with Gasteiger partial charge in [0.05, 0.1) is 5.92 Å². The van der Waals surface area contributed by atoms with E-state index in [1.807, 2.05) is 18.2 Å². The summed E-state index contributed by atoms with van der Waals surface area (Å²) in [5.41, 5.74) is 1.11. The Morgan fingerprint density at radius 3 is 2.25 bits per heavy atom. The van der Waals surface area contributed by atoms with Crippen molar-refractivity contribution in [2.75, 3.05) is 5.33 Å². The second-order valence-corrected chi connectivity index (χ2v) is 6.35. The average molecular weight is 340 g/mol. The van der Waals surface area contributed by atoms with Crippen molar-refractivity contribution in [1.82, 2.24) is 5.32 Å². The van der Waals surface area contributed by atoms with E-state index in [2.05, 4.69) is 61.1 Å². The van der Waals surface area contributed by atoms with E-state index in [4.69, 9.17) is 0 Å². The normalized spacial score (nSPS) is 17.1. The van der Waals surface area contributed by atoms with Crippen LogP contribution in [-0.2, 0) is 4.79 Å². The smallest absolute Gasteiger partial charge is 0.228 e. The van der Waals surface area contributed by atoms with Crippen LogP contribution in [0.1, 0.15) is 45.6 Å². The minimum absolute atomic E-state index is 0.0637. The predicted octanol–water partition coefficient (Wildman–Crippen LogP) is 4.35. The second kappa shape index (κ2) is 8.46. The molecular weight excluding hydrogens is 314 g/mol. The van der Waals surface area contributed by atoms with Gasteiger partial charge in [-0.1, -0.05) is 73.5 Å². The number of benzene rings is 1. The molecule has 20 heavy (non-hydrogen) atoms. The minimum atomic E-state index is -0.0637. The van der Waals surface area contributed by atoms with Gasteiger partial charge in [0.15, 0.2) is 0 Å². The summed E-state index contributed by atoms with van der Waals surface area (Å²) >= 11 is 3.48. The van der Waals surface area contributed by atoms with Crippen molar-refractivity contribution in [3.8, 4) is 0 Å². The molecule has 0 saturated heterocycles. The fraction of sp³-hybridized carbons (Fsp3) is 0.588. The minimum Gasteiger partial charge on any atom is -0.353 e. The van der Waals surface area contributed by atoms with Crippen molar-refractivity contribution in [1.29, 1.82) is 0 Å². The van der Waals surface area contributed by atoms with Crippen molar-refractivity contribution in [3.63, 3.8) is 0 Å². The van der Waals surface area contributed by atoms with Crippen molar-refractivity contribution >= 4 is 21.8 Å². The van der Waals surface area contributed by atoms with E-state index >= 15 is 0 Å². The standard InChI is InChI=1S/C17H26BrNO/c1-5-12(2)16(15-9-7-6-8-10-15)17(20)19-14(4)13(3)11-18/h6-10,12-14,16H,5,11H2,1-4H3,(H,19,20). The first-order chi connectivity index (χ1) is 9.51. The SMILES string of the molecule is CCC(C)C(C(=O)NC(C)C(C)CBr)c1ccccc1. The van der Waals surface area contributed by atoms with Crippen molar-refractivity contribution in [2.45, 2.75) is 46.1 Å². The quantitative estimate of drug-likeness (QED) is 0.735. The van der Waals surface area contributed by atoms with E-state index in [9.17, 15) is 4.79 Å². The zero-order valence-corrected chi connectivity index (χ0v) is 14.5. The number of carbonyl (C=O) groups is 1. The molecule has 4 unspecified atom stereocenters. The van der Waals surface area contributed by atoms with Crippen LogP contribution in [0.2, 0.25) is 0 Å². The third-order valence-electron chi connectivity index (χ3n) is 4.12. The first-order valence-corrected chi connectivity index (χ1v) is 8.54. The fourth-order valence-corrected chi connectivity index (χ4v) is 2.79. The van der Waals surface area contributed by atoms with Crippen LogP contribution >= 0.6 is 15.9 Å². The molecule has 1 aromatic carbocycles. The molecule has 0 aromatic heterocycles. The highest BCUT2D eigenvalue weighted by molar-refractivity contribution is 9.09. The van der Waals surface area contributed by atoms with E-state index in [0.29, 0.717) is 11.8 Å². The van der Waals surface area contributed by atoms with Crippen LogP contribution in [0.25, 0.3) is 0 Å². The lowest BCUT2D eigenvalue weighted by atomic mass is 9.84. The number of hydrogen-bond acceptors (Lipinski definition) is 1. The molecule has 1 amide bonds. The van der Waals surface area contributed by atoms with Crippen LogP contribution < -0.4 is 5.32 Å². The highest BCUT2D eigenvalue weighted by atomic mass is 79.9. The van der Waals surface area contributed by atoms with E-state index in [1.165, 1.54) is 0 Å². The molecule has 1 N–H and O–H groups in total. The number of carbonyl (C=O) groups excluding carboxylic acids is 1. The Morgan fingerprint density at radius 2 is 1.75 bits per heavy atom. The topological polar surface area (TPSA) is 29.1 Å². The Hall–Kier alpha value is -0.830. The molecule has 1 rings (SSSR count). The molecule has 1 aromatic rings. The van der Waals surface area contributed by atoms with Crippen LogP contribution in [0.4, 0.5) is 0 Å². The summed E-state index contributed by atoms with van der Waals surface area (Å²) in [6.07, 6.45) is 0.995. The van der Waals surface area contributed by atoms with Gasteiger partial charge >= 0.3 is 0 Å². The Kier molecular flexibility index (Phi) is 7.28. The highest BCUT2D eigenvalue weighted by Gasteiger charge is 2.27. The molecule has 0 aliphatic carbocycles. The van der Waals surface area contributed by atoms with Gasteiger partial charge in [0.1, 0.15) is 0 Å². The number of amides is 1. The summed E-state index contributed by atoms with van der Waals surface area (Å²) in [6, 6.07) is 10.3. The van der Waals surface area contributed by atoms with E-state index in [-0.39, 0.29) is 17.9 Å². The van der Waals surface area contributed by atoms with Crippen LogP contribution in [0.5, 0.6) is 0 Å². The van der Waals surface area contributed by atoms with Crippen LogP contribution in [0, 0.1) is 11.8 Å². The van der Waals surface area contributed by atoms with Gasteiger partial charge in [0.25, 0.3) is 0 Å². The van der Waals surface area contributed by atoms with Gasteiger partial charge in [-0.3, -0.25) is 4.79 Å². The van der Waals surface area contributed by atoms with Crippen LogP contribution in [0.15, 0.2) is 30.3 Å². The molecule has 0 radical (unpaired) electrons. The van der Waals surface area contributed by atoms with Crippen molar-refractivity contribution in [2.24, 2.45) is 11.8 Å². The van der Waals surface area contributed by atoms with Gasteiger partial charge < -0.3 is 5.32 Å². The second-order valence-electron chi connectivity index (χ2n) is 5.70. The van der Waals surface area contributed by atoms with Gasteiger partial charge in [-0.15, -0.1) is 0 Å². The third kappa shape index (κ3) is 4.62. The lowest BCUT2D eigenvalue weighted by molar-refractivity contribution is -0.124. The predicted molar refractivity (Wildman–Crippen MR) is 89.2 cm³/mol. The molecule has 0 fully saturated rings. The van der Waals surface area contributed by atoms with Crippen molar-refractivity contribution < 1.29 is 4.79 Å². The number of nitrogens with one attached hydrogen (secondary N) is 1. The third-order valence-corrected chi connectivity index (χ3v) is 5.14. The first kappa shape index (κ1) is 17.2. The maximum Gasteiger partial charge on any atom is 0.228 e. The van der Waals surface area contributed by atoms with Gasteiger partial charge in [0, 0.05) is 11.4 Å². The van der Waals surface area contributed by atoms with Gasteiger partial charge in [-0.05, 0) is 24.3 Å². The Labute approximate surface area is 131 Å². The summed E-state index contributed by atoms with van der Waals surface area (Å²) in [5.74, 6) is 0.841. The molecule has 0 spiro atoms. The summed E-state index contributed by atoms with van der Waals surface area (Å²) in [7, 11) is 0. The van der Waals surface area contributed by atoms with Gasteiger partial charge in [-0.25, -0.2) is 0 Å². The fourth-order valence-electron chi connectivity index (χ4n) is 2.22. The zero-order valence-electron chi connectivity index (χ0n) is 12.9. The summed E-state index contributed by atoms with van der Waals surface area (Å²) < 4.78 is 0. The van der Waals surface area contributed by atoms with Gasteiger partial charge in [-0.2, -0.15) is 0 Å². The Bertz CT molecular complexity index is 407. The zero-order chi connectivity index (χ0) is 15.1. The number of alkyl halides is 1. The molecule has 2 nitrogen and oxygen atoms in total. The number of hydrogen-bond donors (Lipinski definition) is 1.